The second kappa shape index (κ2) is 12.2. The zero-order chi connectivity index (χ0) is 50.5. The van der Waals surface area contributed by atoms with Crippen molar-refractivity contribution in [2.75, 3.05) is 4.90 Å². The fourth-order valence-corrected chi connectivity index (χ4v) is 11.6. The lowest BCUT2D eigenvalue weighted by Crippen LogP contribution is -2.60. The summed E-state index contributed by atoms with van der Waals surface area (Å²) in [6.07, 6.45) is 0. The van der Waals surface area contributed by atoms with E-state index in [2.05, 4.69) is 135 Å². The Hall–Kier alpha value is -7.30. The molecule has 2 aliphatic heterocycles. The standard InChI is InChI=1S/C59H44BN3/c1-34(2)36-25-27-49-47(30-36)60-46-22-12-21-44-45-31-37(59(3,4)5)26-29-48(45)63(58(44)46)53-33-39(32-52(57(53)60)61(49)38-15-7-6-8-16-38)62-50-23-13-20-43-41-18-10-9-17-40(41)42-19-11-14-35-24-28-51(62)56(54(35)42)55(43)50/h6-34H,1-5H3/i3D3,4D3,5D3,34D. The van der Waals surface area contributed by atoms with Gasteiger partial charge in [-0.1, -0.05) is 150 Å². The molecule has 3 nitrogen and oxygen atoms in total. The highest BCUT2D eigenvalue weighted by Crippen LogP contribution is 2.51. The Balaban J connectivity index is 1.15. The molecule has 0 N–H and O–H groups in total. The van der Waals surface area contributed by atoms with Crippen LogP contribution in [0.4, 0.5) is 17.1 Å². The van der Waals surface area contributed by atoms with Crippen molar-refractivity contribution in [2.45, 2.75) is 45.7 Å². The third-order valence-electron chi connectivity index (χ3n) is 14.2. The number of benzene rings is 9. The van der Waals surface area contributed by atoms with E-state index in [4.69, 9.17) is 12.3 Å². The number of fused-ring (bicyclic) bond motifs is 10. The Labute approximate surface area is 381 Å². The van der Waals surface area contributed by atoms with Crippen LogP contribution in [-0.4, -0.2) is 15.8 Å². The van der Waals surface area contributed by atoms with E-state index in [1.807, 2.05) is 44.2 Å². The third kappa shape index (κ3) is 4.55. The minimum Gasteiger partial charge on any atom is -0.311 e. The molecule has 2 aromatic heterocycles. The van der Waals surface area contributed by atoms with Crippen LogP contribution in [0.15, 0.2) is 170 Å². The van der Waals surface area contributed by atoms with Crippen molar-refractivity contribution < 1.29 is 13.7 Å². The molecule has 0 saturated carbocycles. The third-order valence-corrected chi connectivity index (χ3v) is 14.2. The molecule has 0 fully saturated rings. The normalized spacial score (nSPS) is 16.7. The molecule has 0 atom stereocenters. The molecular weight excluding hydrogens is 761 g/mol. The smallest absolute Gasteiger partial charge is 0.252 e. The molecule has 0 unspecified atom stereocenters. The largest absolute Gasteiger partial charge is 0.311 e. The Morgan fingerprint density at radius 1 is 0.508 bits per heavy atom. The molecule has 9 aromatic carbocycles. The van der Waals surface area contributed by atoms with Gasteiger partial charge in [-0.3, -0.25) is 0 Å². The van der Waals surface area contributed by atoms with Gasteiger partial charge < -0.3 is 14.0 Å². The average Bonchev–Trinajstić information content (AvgIpc) is 3.83. The summed E-state index contributed by atoms with van der Waals surface area (Å²) >= 11 is 0. The molecule has 0 amide bonds. The first-order valence-electron chi connectivity index (χ1n) is 26.6. The molecule has 0 spiro atoms. The van der Waals surface area contributed by atoms with Crippen LogP contribution in [0.2, 0.25) is 0 Å². The van der Waals surface area contributed by atoms with E-state index in [0.29, 0.717) is 10.9 Å². The molecule has 298 valence electrons. The summed E-state index contributed by atoms with van der Waals surface area (Å²) in [4.78, 5) is 2.33. The monoisotopic (exact) mass is 815 g/mol. The van der Waals surface area contributed by atoms with Crippen LogP contribution in [0, 0.1) is 0 Å². The number of rotatable bonds is 3. The van der Waals surface area contributed by atoms with Crippen LogP contribution in [0.5, 0.6) is 0 Å². The molecule has 0 radical (unpaired) electrons. The summed E-state index contributed by atoms with van der Waals surface area (Å²) in [5, 5.41) is 5.94. The molecule has 14 rings (SSSR count). The van der Waals surface area contributed by atoms with Crippen LogP contribution in [0.1, 0.15) is 65.1 Å². The number of nitrogens with zero attached hydrogens (tertiary/aromatic N) is 3. The SMILES string of the molecule is [2H]C(C)(C)c1ccc2c(c1)B1c3c(cc(-n4c5cccc6c5c5c7c(cccc7ccc54)-c4ccccc4-6)cc3-n3c4ccc(C(C([2H])([2H])[2H])(C([2H])([2H])[2H])C([2H])([2H])[2H])cc4c4cccc1c43)N2c1ccccc1. The first kappa shape index (κ1) is 26.9. The Kier molecular flexibility index (Phi) is 5.21. The van der Waals surface area contributed by atoms with Gasteiger partial charge in [0.25, 0.3) is 6.71 Å². The van der Waals surface area contributed by atoms with E-state index < -0.39 is 31.9 Å². The maximum absolute atomic E-state index is 9.26. The van der Waals surface area contributed by atoms with Gasteiger partial charge in [0.1, 0.15) is 0 Å². The number of para-hydroxylation sites is 2. The van der Waals surface area contributed by atoms with E-state index in [1.54, 1.807) is 6.07 Å². The summed E-state index contributed by atoms with van der Waals surface area (Å²) in [7, 11) is 0. The lowest BCUT2D eigenvalue weighted by atomic mass is 9.33. The summed E-state index contributed by atoms with van der Waals surface area (Å²) < 4.78 is 91.7. The van der Waals surface area contributed by atoms with Crippen LogP contribution in [0.25, 0.3) is 88.0 Å². The van der Waals surface area contributed by atoms with Crippen molar-refractivity contribution in [3.05, 3.63) is 181 Å². The molecule has 4 heteroatoms. The topological polar surface area (TPSA) is 13.1 Å². The Bertz CT molecular complexity index is 4200. The minimum atomic E-state index is -3.43. The van der Waals surface area contributed by atoms with Crippen molar-refractivity contribution in [3.63, 3.8) is 0 Å². The van der Waals surface area contributed by atoms with Crippen LogP contribution in [0.3, 0.4) is 0 Å². The van der Waals surface area contributed by atoms with Gasteiger partial charge in [0.15, 0.2) is 0 Å². The van der Waals surface area contributed by atoms with Crippen LogP contribution < -0.4 is 21.3 Å². The molecule has 4 heterocycles. The molecular formula is C59H44BN3. The summed E-state index contributed by atoms with van der Waals surface area (Å²) in [6.45, 7) is -6.85. The van der Waals surface area contributed by atoms with Gasteiger partial charge in [-0.15, -0.1) is 0 Å². The van der Waals surface area contributed by atoms with Gasteiger partial charge in [-0.2, -0.15) is 0 Å². The molecule has 0 bridgehead atoms. The number of hydrogen-bond donors (Lipinski definition) is 0. The molecule has 0 saturated heterocycles. The molecule has 11 aromatic rings. The molecule has 63 heavy (non-hydrogen) atoms. The van der Waals surface area contributed by atoms with Crippen molar-refractivity contribution in [1.82, 2.24) is 9.13 Å². The predicted molar refractivity (Wildman–Crippen MR) is 269 cm³/mol. The van der Waals surface area contributed by atoms with Gasteiger partial charge >= 0.3 is 0 Å². The van der Waals surface area contributed by atoms with Crippen LogP contribution >= 0.6 is 0 Å². The molecule has 1 aliphatic carbocycles. The van der Waals surface area contributed by atoms with Gasteiger partial charge in [0.2, 0.25) is 0 Å². The van der Waals surface area contributed by atoms with Crippen molar-refractivity contribution in [1.29, 1.82) is 0 Å². The predicted octanol–water partition coefficient (Wildman–Crippen LogP) is 13.7. The zero-order valence-corrected chi connectivity index (χ0v) is 34.6. The lowest BCUT2D eigenvalue weighted by molar-refractivity contribution is 0.591. The van der Waals surface area contributed by atoms with Crippen LogP contribution in [-0.2, 0) is 5.41 Å². The first-order valence-corrected chi connectivity index (χ1v) is 21.6. The number of hydrogen-bond acceptors (Lipinski definition) is 1. The van der Waals surface area contributed by atoms with Gasteiger partial charge in [-0.25, -0.2) is 0 Å². The lowest BCUT2D eigenvalue weighted by Gasteiger charge is -2.41. The Morgan fingerprint density at radius 3 is 2.03 bits per heavy atom. The fourth-order valence-electron chi connectivity index (χ4n) is 11.6. The average molecular weight is 816 g/mol. The highest BCUT2D eigenvalue weighted by Gasteiger charge is 2.43. The quantitative estimate of drug-likeness (QED) is 0.162. The van der Waals surface area contributed by atoms with E-state index in [0.717, 1.165) is 94.2 Å². The van der Waals surface area contributed by atoms with E-state index >= 15 is 0 Å². The maximum atomic E-state index is 9.26. The summed E-state index contributed by atoms with van der Waals surface area (Å²) in [5.74, 6) is -0.922. The van der Waals surface area contributed by atoms with Gasteiger partial charge in [0.05, 0.1) is 22.2 Å². The zero-order valence-electron chi connectivity index (χ0n) is 44.6. The van der Waals surface area contributed by atoms with E-state index in [1.165, 1.54) is 34.0 Å². The van der Waals surface area contributed by atoms with Crippen molar-refractivity contribution in [2.24, 2.45) is 0 Å². The molecule has 3 aliphatic rings. The van der Waals surface area contributed by atoms with E-state index in [9.17, 15) is 1.37 Å². The van der Waals surface area contributed by atoms with Crippen molar-refractivity contribution in [3.8, 4) is 33.6 Å². The van der Waals surface area contributed by atoms with Gasteiger partial charge in [-0.05, 0) is 126 Å². The second-order valence-corrected chi connectivity index (χ2v) is 17.8. The highest BCUT2D eigenvalue weighted by atomic mass is 15.2. The summed E-state index contributed by atoms with van der Waals surface area (Å²) in [6, 6.07) is 58.1. The number of aromatic nitrogens is 2. The first-order chi connectivity index (χ1) is 34.8. The van der Waals surface area contributed by atoms with Crippen molar-refractivity contribution >= 4 is 94.5 Å². The highest BCUT2D eigenvalue weighted by molar-refractivity contribution is 7.00. The van der Waals surface area contributed by atoms with E-state index in [-0.39, 0.29) is 12.3 Å². The maximum Gasteiger partial charge on any atom is 0.252 e. The second-order valence-electron chi connectivity index (χ2n) is 17.8. The Morgan fingerprint density at radius 2 is 1.22 bits per heavy atom. The van der Waals surface area contributed by atoms with Gasteiger partial charge in [0, 0.05) is 63.5 Å². The summed E-state index contributed by atoms with van der Waals surface area (Å²) in [5.41, 5.74) is 13.3. The minimum absolute atomic E-state index is 0.294. The fraction of sp³-hybridized carbons (Fsp3) is 0.119. The number of anilines is 3.